The van der Waals surface area contributed by atoms with Crippen LogP contribution in [0.4, 0.5) is 0 Å². The lowest BCUT2D eigenvalue weighted by Crippen LogP contribution is -2.50. The van der Waals surface area contributed by atoms with Crippen LogP contribution in [0.1, 0.15) is 155 Å². The van der Waals surface area contributed by atoms with Gasteiger partial charge < -0.3 is 15.5 Å². The van der Waals surface area contributed by atoms with Crippen molar-refractivity contribution in [2.75, 3.05) is 5.75 Å². The number of hydrogen-bond donors (Lipinski definition) is 4. The maximum Gasteiger partial charge on any atom is 0.267 e. The minimum absolute atomic E-state index is 0.258. The highest BCUT2D eigenvalue weighted by molar-refractivity contribution is 7.85. The van der Waals surface area contributed by atoms with Crippen molar-refractivity contribution in [2.24, 2.45) is 0 Å². The SMILES string of the molecule is CCCC/C=C\CCCCCCC(O)C(=O)NC(CS(=O)(=O)O)C(O)/C=C/CC/C=C/CCCCCCCCCCCC. The van der Waals surface area contributed by atoms with E-state index in [1.807, 2.05) is 0 Å². The smallest absolute Gasteiger partial charge is 0.267 e. The molecule has 0 saturated carbocycles. The van der Waals surface area contributed by atoms with Gasteiger partial charge in [-0.1, -0.05) is 140 Å². The molecule has 252 valence electrons. The Morgan fingerprint density at radius 3 is 1.60 bits per heavy atom. The standard InChI is InChI=1S/C35H65NO6S/c1-3-5-7-9-11-13-15-16-17-18-19-20-22-23-25-27-29-33(37)32(31-43(40,41)42)36-35(39)34(38)30-28-26-24-21-14-12-10-8-6-4-2/h10,12,20,22,27,29,32-34,37-38H,3-9,11,13-19,21,23-26,28,30-31H2,1-2H3,(H,36,39)(H,40,41,42)/b12-10-,22-20+,29-27+. The summed E-state index contributed by atoms with van der Waals surface area (Å²) < 4.78 is 32.3. The van der Waals surface area contributed by atoms with Crippen LogP contribution in [0.5, 0.6) is 0 Å². The molecule has 0 saturated heterocycles. The number of allylic oxidation sites excluding steroid dienone is 5. The second-order valence-corrected chi connectivity index (χ2v) is 13.4. The van der Waals surface area contributed by atoms with Crippen molar-refractivity contribution in [1.82, 2.24) is 5.32 Å². The van der Waals surface area contributed by atoms with Crippen LogP contribution >= 0.6 is 0 Å². The Hall–Kier alpha value is -1.48. The number of hydrogen-bond acceptors (Lipinski definition) is 5. The quantitative estimate of drug-likeness (QED) is 0.0360. The minimum Gasteiger partial charge on any atom is -0.387 e. The molecule has 0 fully saturated rings. The van der Waals surface area contributed by atoms with Crippen molar-refractivity contribution >= 4 is 16.0 Å². The summed E-state index contributed by atoms with van der Waals surface area (Å²) in [5.41, 5.74) is 0. The molecule has 3 unspecified atom stereocenters. The van der Waals surface area contributed by atoms with Crippen molar-refractivity contribution in [3.8, 4) is 0 Å². The van der Waals surface area contributed by atoms with Gasteiger partial charge in [0.1, 0.15) is 6.10 Å². The maximum absolute atomic E-state index is 12.5. The van der Waals surface area contributed by atoms with E-state index in [1.54, 1.807) is 6.08 Å². The number of nitrogens with one attached hydrogen (secondary N) is 1. The molecular weight excluding hydrogens is 562 g/mol. The van der Waals surface area contributed by atoms with Crippen LogP contribution in [0.3, 0.4) is 0 Å². The summed E-state index contributed by atoms with van der Waals surface area (Å²) in [6.07, 6.45) is 33.5. The van der Waals surface area contributed by atoms with E-state index in [4.69, 9.17) is 0 Å². The first-order valence-electron chi connectivity index (χ1n) is 17.3. The van der Waals surface area contributed by atoms with Gasteiger partial charge in [0.2, 0.25) is 5.91 Å². The van der Waals surface area contributed by atoms with E-state index in [2.05, 4.69) is 43.5 Å². The van der Waals surface area contributed by atoms with Gasteiger partial charge >= 0.3 is 0 Å². The van der Waals surface area contributed by atoms with E-state index in [1.165, 1.54) is 83.1 Å². The molecule has 0 aromatic heterocycles. The molecule has 0 bridgehead atoms. The molecule has 4 N–H and O–H groups in total. The van der Waals surface area contributed by atoms with Gasteiger partial charge in [-0.05, 0) is 51.4 Å². The second-order valence-electron chi connectivity index (χ2n) is 11.9. The lowest BCUT2D eigenvalue weighted by Gasteiger charge is -2.22. The molecular formula is C35H65NO6S. The third-order valence-corrected chi connectivity index (χ3v) is 8.43. The van der Waals surface area contributed by atoms with Gasteiger partial charge in [0, 0.05) is 0 Å². The Morgan fingerprint density at radius 2 is 1.07 bits per heavy atom. The Bertz CT molecular complexity index is 839. The van der Waals surface area contributed by atoms with Gasteiger partial charge in [0.25, 0.3) is 10.1 Å². The highest BCUT2D eigenvalue weighted by atomic mass is 32.2. The first-order valence-corrected chi connectivity index (χ1v) is 18.9. The van der Waals surface area contributed by atoms with Gasteiger partial charge in [-0.2, -0.15) is 8.42 Å². The maximum atomic E-state index is 12.5. The fraction of sp³-hybridized carbons (Fsp3) is 0.800. The van der Waals surface area contributed by atoms with Crippen LogP contribution in [0.25, 0.3) is 0 Å². The first-order chi connectivity index (χ1) is 20.7. The van der Waals surface area contributed by atoms with Crippen LogP contribution < -0.4 is 5.32 Å². The highest BCUT2D eigenvalue weighted by Crippen LogP contribution is 2.12. The summed E-state index contributed by atoms with van der Waals surface area (Å²) in [7, 11) is -4.44. The monoisotopic (exact) mass is 627 g/mol. The summed E-state index contributed by atoms with van der Waals surface area (Å²) in [5, 5.41) is 23.2. The largest absolute Gasteiger partial charge is 0.387 e. The molecule has 0 aliphatic heterocycles. The Labute approximate surface area is 264 Å². The molecule has 0 rings (SSSR count). The number of carbonyl (C=O) groups is 1. The summed E-state index contributed by atoms with van der Waals surface area (Å²) >= 11 is 0. The fourth-order valence-corrected chi connectivity index (χ4v) is 5.66. The van der Waals surface area contributed by atoms with E-state index < -0.39 is 40.0 Å². The molecule has 0 aromatic rings. The number of rotatable bonds is 30. The molecule has 1 amide bonds. The Morgan fingerprint density at radius 1 is 0.628 bits per heavy atom. The predicted octanol–water partition coefficient (Wildman–Crippen LogP) is 8.37. The lowest BCUT2D eigenvalue weighted by atomic mass is 10.1. The Balaban J connectivity index is 4.23. The lowest BCUT2D eigenvalue weighted by molar-refractivity contribution is -0.130. The number of aliphatic hydroxyl groups excluding tert-OH is 2. The molecule has 7 nitrogen and oxygen atoms in total. The summed E-state index contributed by atoms with van der Waals surface area (Å²) in [4.78, 5) is 12.5. The van der Waals surface area contributed by atoms with E-state index in [0.717, 1.165) is 44.9 Å². The third kappa shape index (κ3) is 29.0. The molecule has 8 heteroatoms. The van der Waals surface area contributed by atoms with Gasteiger partial charge in [-0.25, -0.2) is 0 Å². The average molecular weight is 628 g/mol. The zero-order valence-electron chi connectivity index (χ0n) is 27.4. The Kier molecular flexibility index (Phi) is 28.2. The third-order valence-electron chi connectivity index (χ3n) is 7.65. The van der Waals surface area contributed by atoms with Crippen LogP contribution in [0.15, 0.2) is 36.5 Å². The zero-order chi connectivity index (χ0) is 32.0. The number of unbranched alkanes of at least 4 members (excludes halogenated alkanes) is 17. The predicted molar refractivity (Wildman–Crippen MR) is 181 cm³/mol. The van der Waals surface area contributed by atoms with Crippen LogP contribution in [0.2, 0.25) is 0 Å². The molecule has 0 radical (unpaired) electrons. The topological polar surface area (TPSA) is 124 Å². The summed E-state index contributed by atoms with van der Waals surface area (Å²) in [5.74, 6) is -1.57. The fourth-order valence-electron chi connectivity index (χ4n) is 4.92. The van der Waals surface area contributed by atoms with Crippen LogP contribution in [-0.4, -0.2) is 53.1 Å². The normalized spacial score (nSPS) is 14.6. The van der Waals surface area contributed by atoms with Crippen molar-refractivity contribution in [2.45, 2.75) is 173 Å². The molecule has 43 heavy (non-hydrogen) atoms. The number of aliphatic hydroxyl groups is 2. The van der Waals surface area contributed by atoms with E-state index in [9.17, 15) is 28.0 Å². The second kappa shape index (κ2) is 29.2. The zero-order valence-corrected chi connectivity index (χ0v) is 28.3. The first kappa shape index (κ1) is 41.5. The van der Waals surface area contributed by atoms with Gasteiger partial charge in [0.05, 0.1) is 17.9 Å². The van der Waals surface area contributed by atoms with Crippen molar-refractivity contribution in [1.29, 1.82) is 0 Å². The van der Waals surface area contributed by atoms with E-state index in [0.29, 0.717) is 12.8 Å². The van der Waals surface area contributed by atoms with Crippen LogP contribution in [-0.2, 0) is 14.9 Å². The van der Waals surface area contributed by atoms with E-state index >= 15 is 0 Å². The van der Waals surface area contributed by atoms with Gasteiger partial charge in [0.15, 0.2) is 0 Å². The number of amides is 1. The summed E-state index contributed by atoms with van der Waals surface area (Å²) in [6.45, 7) is 4.42. The number of carbonyl (C=O) groups excluding carboxylic acids is 1. The van der Waals surface area contributed by atoms with Crippen molar-refractivity contribution in [3.05, 3.63) is 36.5 Å². The molecule has 0 aliphatic carbocycles. The average Bonchev–Trinajstić information content (AvgIpc) is 2.96. The van der Waals surface area contributed by atoms with E-state index in [-0.39, 0.29) is 6.42 Å². The molecule has 3 atom stereocenters. The van der Waals surface area contributed by atoms with Gasteiger partial charge in [-0.3, -0.25) is 9.35 Å². The van der Waals surface area contributed by atoms with Gasteiger partial charge in [-0.15, -0.1) is 0 Å². The molecule has 0 spiro atoms. The van der Waals surface area contributed by atoms with Crippen LogP contribution in [0, 0.1) is 0 Å². The minimum atomic E-state index is -4.44. The summed E-state index contributed by atoms with van der Waals surface area (Å²) in [6, 6.07) is -1.25. The van der Waals surface area contributed by atoms with Crippen molar-refractivity contribution < 1.29 is 28.0 Å². The van der Waals surface area contributed by atoms with Crippen molar-refractivity contribution in [3.63, 3.8) is 0 Å². The highest BCUT2D eigenvalue weighted by Gasteiger charge is 2.27. The molecule has 0 heterocycles. The molecule has 0 aromatic carbocycles. The molecule has 0 aliphatic rings.